The summed E-state index contributed by atoms with van der Waals surface area (Å²) in [6.45, 7) is 8.48. The number of nitrogens with zero attached hydrogens (tertiary/aromatic N) is 2. The van der Waals surface area contributed by atoms with E-state index in [1.54, 1.807) is 62.2 Å². The number of carboxylic acid groups (broad SMARTS) is 1. The molecule has 0 bridgehead atoms. The van der Waals surface area contributed by atoms with Crippen LogP contribution in [0.2, 0.25) is 0 Å². The summed E-state index contributed by atoms with van der Waals surface area (Å²) in [6.07, 6.45) is 9.54. The molecule has 0 aromatic heterocycles. The van der Waals surface area contributed by atoms with Crippen molar-refractivity contribution in [3.8, 4) is 0 Å². The van der Waals surface area contributed by atoms with Crippen LogP contribution in [0.25, 0.3) is 21.5 Å². The molecule has 0 saturated carbocycles. The number of hydrogen-bond acceptors (Lipinski definition) is 22. The largest absolute Gasteiger partial charge is 0.481 e. The first-order chi connectivity index (χ1) is 45.4. The molecule has 29 nitrogen and oxygen atoms in total. The number of carboxylic acids is 1. The maximum absolute atomic E-state index is 13.0. The van der Waals surface area contributed by atoms with Crippen LogP contribution in [0.4, 0.5) is 11.4 Å². The maximum Gasteiger partial charge on any atom is 0.303 e. The van der Waals surface area contributed by atoms with E-state index in [4.69, 9.17) is 47.4 Å². The van der Waals surface area contributed by atoms with Gasteiger partial charge in [0.15, 0.2) is 5.71 Å². The van der Waals surface area contributed by atoms with Crippen molar-refractivity contribution in [1.82, 2.24) is 0 Å². The molecule has 0 saturated heterocycles. The number of fused-ring (bicyclic) bond motifs is 6. The molecule has 2 aliphatic rings. The van der Waals surface area contributed by atoms with E-state index in [1.165, 1.54) is 18.2 Å². The Hall–Kier alpha value is -5.29. The minimum atomic E-state index is -5.17. The molecule has 2 unspecified atom stereocenters. The molecular formula is C62H87N2O27S5+. The van der Waals surface area contributed by atoms with Gasteiger partial charge < -0.3 is 57.4 Å². The number of hydrogen-bond donors (Lipinski definition) is 6. The standard InChI is InChI=1S/C62H86N2O27S5/c1-61(19-23-84-29-31-88-37-39-90-35-33-86-27-25-82-3)56(63(21-10-6-9-14-58(65)66)52-17-15-48-50(59(52)61)42-46(93(70,71)72)44-54(48)95(76,77)78)12-7-5-8-13-57-62(2,20-24-85-30-32-89-38-40-91-36-34-87-28-26-83-4)60-51-43-47(94(73,74)75)45-55(96(79,80)81)49(51)16-18-53(60)64(57)22-11-41-92(67,68)69/h5,7-8,12-13,15-18,42-45H,6,9-11,14,19-41H2,1-4H3,(H5-,65,66,67,68,69,70,71,72,73,74,75,76,77,78,79,80,81)/p+1. The normalized spacial score (nSPS) is 17.6. The number of allylic oxidation sites excluding steroid dienone is 6. The van der Waals surface area contributed by atoms with Crippen LogP contribution < -0.4 is 4.90 Å². The van der Waals surface area contributed by atoms with Crippen LogP contribution in [0.1, 0.15) is 69.9 Å². The summed E-state index contributed by atoms with van der Waals surface area (Å²) in [6, 6.07) is 9.35. The number of methoxy groups -OCH3 is 2. The lowest BCUT2D eigenvalue weighted by atomic mass is 9.75. The third kappa shape index (κ3) is 22.6. The second-order valence-electron chi connectivity index (χ2n) is 22.7. The predicted octanol–water partition coefficient (Wildman–Crippen LogP) is 6.24. The third-order valence-corrected chi connectivity index (χ3v) is 20.3. The van der Waals surface area contributed by atoms with Gasteiger partial charge in [-0.15, -0.1) is 0 Å². The molecule has 0 amide bonds. The highest BCUT2D eigenvalue weighted by molar-refractivity contribution is 7.87. The highest BCUT2D eigenvalue weighted by atomic mass is 32.2. The van der Waals surface area contributed by atoms with Gasteiger partial charge in [0, 0.05) is 92.1 Å². The number of anilines is 1. The van der Waals surface area contributed by atoms with Crippen LogP contribution in [-0.2, 0) is 114 Å². The number of unbranched alkanes of at least 4 members (excludes halogenated alkanes) is 2. The van der Waals surface area contributed by atoms with Gasteiger partial charge in [-0.2, -0.15) is 46.7 Å². The first-order valence-corrected chi connectivity index (χ1v) is 38.1. The van der Waals surface area contributed by atoms with Crippen molar-refractivity contribution in [2.45, 2.75) is 89.2 Å². The summed E-state index contributed by atoms with van der Waals surface area (Å²) < 4.78 is 237. The van der Waals surface area contributed by atoms with Crippen molar-refractivity contribution in [3.05, 3.63) is 95.7 Å². The molecule has 2 atom stereocenters. The Balaban J connectivity index is 1.43. The van der Waals surface area contributed by atoms with Gasteiger partial charge in [-0.25, -0.2) is 0 Å². The molecule has 536 valence electrons. The zero-order chi connectivity index (χ0) is 70.4. The second-order valence-corrected chi connectivity index (χ2v) is 29.9. The smallest absolute Gasteiger partial charge is 0.303 e. The number of rotatable bonds is 47. The minimum Gasteiger partial charge on any atom is -0.481 e. The summed E-state index contributed by atoms with van der Waals surface area (Å²) in [5, 5.41) is 9.30. The molecule has 4 aromatic rings. The fourth-order valence-corrected chi connectivity index (χ4v) is 14.7. The molecule has 0 spiro atoms. The average molecular weight is 1450 g/mol. The average Bonchev–Trinajstić information content (AvgIpc) is 1.54. The van der Waals surface area contributed by atoms with E-state index in [-0.39, 0.29) is 126 Å². The highest BCUT2D eigenvalue weighted by Crippen LogP contribution is 2.54. The Labute approximate surface area is 560 Å². The highest BCUT2D eigenvalue weighted by Gasteiger charge is 2.50. The van der Waals surface area contributed by atoms with E-state index in [2.05, 4.69) is 0 Å². The van der Waals surface area contributed by atoms with Gasteiger partial charge in [0.2, 0.25) is 5.69 Å². The first-order valence-electron chi connectivity index (χ1n) is 30.8. The summed E-state index contributed by atoms with van der Waals surface area (Å²) >= 11 is 0. The van der Waals surface area contributed by atoms with Crippen molar-refractivity contribution < 1.29 is 127 Å². The molecule has 6 N–H and O–H groups in total. The third-order valence-electron chi connectivity index (χ3n) is 16.0. The van der Waals surface area contributed by atoms with Crippen molar-refractivity contribution in [1.29, 1.82) is 0 Å². The van der Waals surface area contributed by atoms with Crippen LogP contribution >= 0.6 is 0 Å². The van der Waals surface area contributed by atoms with Crippen LogP contribution in [0.5, 0.6) is 0 Å². The van der Waals surface area contributed by atoms with E-state index in [0.29, 0.717) is 118 Å². The summed E-state index contributed by atoms with van der Waals surface area (Å²) in [5.41, 5.74) is -0.0180. The molecule has 4 aromatic carbocycles. The van der Waals surface area contributed by atoms with Gasteiger partial charge in [-0.3, -0.25) is 27.6 Å². The molecule has 6 rings (SSSR count). The van der Waals surface area contributed by atoms with Crippen molar-refractivity contribution >= 4 is 95.2 Å². The number of ether oxygens (including phenoxy) is 10. The Morgan fingerprint density at radius 3 is 1.36 bits per heavy atom. The summed E-state index contributed by atoms with van der Waals surface area (Å²) in [4.78, 5) is 10.2. The van der Waals surface area contributed by atoms with Crippen LogP contribution in [0.15, 0.2) is 104 Å². The summed E-state index contributed by atoms with van der Waals surface area (Å²) in [5.74, 6) is -1.68. The first kappa shape index (κ1) is 79.7. The van der Waals surface area contributed by atoms with Gasteiger partial charge in [0.25, 0.3) is 50.6 Å². The van der Waals surface area contributed by atoms with E-state index < -0.39 is 92.7 Å². The maximum atomic E-state index is 13.0. The fourth-order valence-electron chi connectivity index (χ4n) is 11.6. The lowest BCUT2D eigenvalue weighted by molar-refractivity contribution is -0.437. The lowest BCUT2D eigenvalue weighted by Gasteiger charge is -2.31. The Morgan fingerprint density at radius 2 is 0.927 bits per heavy atom. The van der Waals surface area contributed by atoms with Crippen molar-refractivity contribution in [2.24, 2.45) is 0 Å². The molecule has 96 heavy (non-hydrogen) atoms. The van der Waals surface area contributed by atoms with Gasteiger partial charge in [-0.1, -0.05) is 30.7 Å². The number of benzene rings is 4. The van der Waals surface area contributed by atoms with Gasteiger partial charge >= 0.3 is 5.97 Å². The second kappa shape index (κ2) is 36.7. The van der Waals surface area contributed by atoms with E-state index in [0.717, 1.165) is 12.1 Å². The molecular weight excluding hydrogens is 1370 g/mol. The molecule has 0 fully saturated rings. The van der Waals surface area contributed by atoms with Gasteiger partial charge in [-0.05, 0) is 98.3 Å². The zero-order valence-corrected chi connectivity index (χ0v) is 58.1. The number of carbonyl (C=O) groups is 1. The lowest BCUT2D eigenvalue weighted by Crippen LogP contribution is -2.33. The quantitative estimate of drug-likeness (QED) is 0.0123. The topological polar surface area (TPSA) is 408 Å². The molecule has 2 aliphatic heterocycles. The van der Waals surface area contributed by atoms with Crippen LogP contribution in [0, 0.1) is 0 Å². The monoisotopic (exact) mass is 1450 g/mol. The molecule has 2 heterocycles. The van der Waals surface area contributed by atoms with Gasteiger partial charge in [0.05, 0.1) is 127 Å². The number of aliphatic carboxylic acids is 1. The molecule has 0 radical (unpaired) electrons. The molecule has 0 aliphatic carbocycles. The van der Waals surface area contributed by atoms with E-state index >= 15 is 0 Å². The zero-order valence-electron chi connectivity index (χ0n) is 54.0. The van der Waals surface area contributed by atoms with Gasteiger partial charge in [0.1, 0.15) is 16.3 Å². The predicted molar refractivity (Wildman–Crippen MR) is 352 cm³/mol. The minimum absolute atomic E-state index is 0.0120. The van der Waals surface area contributed by atoms with Crippen LogP contribution in [-0.4, -0.2) is 238 Å². The van der Waals surface area contributed by atoms with Crippen LogP contribution in [0.3, 0.4) is 0 Å². The Morgan fingerprint density at radius 1 is 0.490 bits per heavy atom. The summed E-state index contributed by atoms with van der Waals surface area (Å²) in [7, 11) is -21.9. The Bertz CT molecular complexity index is 4030. The van der Waals surface area contributed by atoms with E-state index in [9.17, 15) is 74.8 Å². The Kier molecular flexibility index (Phi) is 30.5. The molecule has 34 heteroatoms. The van der Waals surface area contributed by atoms with E-state index in [1.807, 2.05) is 11.8 Å². The SMILES string of the molecule is COCCOCCOCCOCCOCCC1(C)C(/C=C/C=C/C=C2/N(CCCCCC(=O)O)c3ccc4c(S(=O)(=O)O)cc(S(=O)(=O)O)cc4c3C2(C)CCOCCOCCOCCOCCOC)=[N+](CCCS(=O)(=O)O)c2ccc3c(S(=O)(=O)O)cc(S(=O)(=O)O)cc3c21. The fraction of sp³-hybridized carbons (Fsp3) is 0.548. The van der Waals surface area contributed by atoms with Crippen molar-refractivity contribution in [2.75, 3.05) is 157 Å². The van der Waals surface area contributed by atoms with Crippen molar-refractivity contribution in [3.63, 3.8) is 0 Å².